The van der Waals surface area contributed by atoms with Crippen LogP contribution in [0.3, 0.4) is 0 Å². The maximum Gasteiger partial charge on any atom is 0.254 e. The number of hydrogen-bond acceptors (Lipinski definition) is 8. The molecule has 2 aliphatic rings. The molecule has 1 aliphatic carbocycles. The van der Waals surface area contributed by atoms with Crippen LogP contribution in [0.2, 0.25) is 0 Å². The topological polar surface area (TPSA) is 134 Å². The molecule has 11 heteroatoms. The maximum absolute atomic E-state index is 11.9. The zero-order valence-electron chi connectivity index (χ0n) is 17.6. The van der Waals surface area contributed by atoms with Gasteiger partial charge < -0.3 is 21.3 Å². The fraction of sp³-hybridized carbons (Fsp3) is 0.450. The lowest BCUT2D eigenvalue weighted by Gasteiger charge is -2.39. The van der Waals surface area contributed by atoms with E-state index in [4.69, 9.17) is 5.73 Å². The van der Waals surface area contributed by atoms with Crippen molar-refractivity contribution in [2.75, 3.05) is 41.4 Å². The highest BCUT2D eigenvalue weighted by molar-refractivity contribution is 7.88. The van der Waals surface area contributed by atoms with E-state index in [1.54, 1.807) is 4.31 Å². The molecule has 2 fully saturated rings. The summed E-state index contributed by atoms with van der Waals surface area (Å²) >= 11 is 0. The van der Waals surface area contributed by atoms with Crippen LogP contribution in [-0.4, -0.2) is 66.6 Å². The molecule has 1 atom stereocenters. The average molecular weight is 446 g/mol. The van der Waals surface area contributed by atoms with Gasteiger partial charge in [-0.25, -0.2) is 13.4 Å². The van der Waals surface area contributed by atoms with Crippen LogP contribution in [-0.2, 0) is 10.0 Å². The van der Waals surface area contributed by atoms with Gasteiger partial charge >= 0.3 is 0 Å². The van der Waals surface area contributed by atoms with Crippen molar-refractivity contribution >= 4 is 39.1 Å². The second kappa shape index (κ2) is 8.31. The summed E-state index contributed by atoms with van der Waals surface area (Å²) in [7, 11) is -3.19. The Morgan fingerprint density at radius 1 is 1.19 bits per heavy atom. The number of aromatic nitrogens is 2. The minimum Gasteiger partial charge on any atom is -0.369 e. The van der Waals surface area contributed by atoms with Crippen molar-refractivity contribution in [3.05, 3.63) is 36.0 Å². The number of nitrogens with zero attached hydrogens (tertiary/aromatic N) is 4. The molecule has 0 spiro atoms. The Kier molecular flexibility index (Phi) is 5.71. The van der Waals surface area contributed by atoms with Crippen LogP contribution < -0.4 is 21.3 Å². The highest BCUT2D eigenvalue weighted by Gasteiger charge is 2.30. The van der Waals surface area contributed by atoms with Crippen LogP contribution in [0.4, 0.5) is 23.1 Å². The first-order valence-electron chi connectivity index (χ1n) is 10.2. The van der Waals surface area contributed by atoms with Gasteiger partial charge in [0.2, 0.25) is 16.0 Å². The SMILES string of the molecule is C[C@H]1CN(c2ccc(Nc3ncc(C(N)=O)c(NC4CC4)n3)cc2)CCN1S(C)(=O)=O. The summed E-state index contributed by atoms with van der Waals surface area (Å²) in [6.45, 7) is 3.66. The van der Waals surface area contributed by atoms with E-state index in [9.17, 15) is 13.2 Å². The monoisotopic (exact) mass is 445 g/mol. The highest BCUT2D eigenvalue weighted by Crippen LogP contribution is 2.27. The van der Waals surface area contributed by atoms with Gasteiger partial charge in [-0.1, -0.05) is 0 Å². The fourth-order valence-electron chi connectivity index (χ4n) is 3.71. The van der Waals surface area contributed by atoms with Crippen molar-refractivity contribution in [2.24, 2.45) is 5.73 Å². The van der Waals surface area contributed by atoms with Crippen LogP contribution in [0.5, 0.6) is 0 Å². The predicted octanol–water partition coefficient (Wildman–Crippen LogP) is 1.36. The quantitative estimate of drug-likeness (QED) is 0.582. The molecule has 31 heavy (non-hydrogen) atoms. The fourth-order valence-corrected chi connectivity index (χ4v) is 4.84. The zero-order valence-corrected chi connectivity index (χ0v) is 18.4. The molecule has 1 aliphatic heterocycles. The second-order valence-electron chi connectivity index (χ2n) is 8.08. The van der Waals surface area contributed by atoms with Crippen LogP contribution in [0.25, 0.3) is 0 Å². The largest absolute Gasteiger partial charge is 0.369 e. The number of primary amides is 1. The van der Waals surface area contributed by atoms with Crippen molar-refractivity contribution in [1.82, 2.24) is 14.3 Å². The molecule has 0 bridgehead atoms. The Hall–Kier alpha value is -2.92. The first-order valence-corrected chi connectivity index (χ1v) is 12.1. The summed E-state index contributed by atoms with van der Waals surface area (Å²) in [5.41, 5.74) is 7.52. The van der Waals surface area contributed by atoms with Crippen molar-refractivity contribution in [1.29, 1.82) is 0 Å². The normalized spacial score (nSPS) is 19.8. The number of carbonyl (C=O) groups is 1. The lowest BCUT2D eigenvalue weighted by Crippen LogP contribution is -2.53. The molecule has 0 unspecified atom stereocenters. The summed E-state index contributed by atoms with van der Waals surface area (Å²) < 4.78 is 25.3. The molecule has 1 saturated heterocycles. The van der Waals surface area contributed by atoms with Gasteiger partial charge in [-0.05, 0) is 44.0 Å². The number of amides is 1. The second-order valence-corrected chi connectivity index (χ2v) is 10.0. The van der Waals surface area contributed by atoms with E-state index >= 15 is 0 Å². The third kappa shape index (κ3) is 5.05. The summed E-state index contributed by atoms with van der Waals surface area (Å²) in [5, 5.41) is 6.37. The number of nitrogens with two attached hydrogens (primary N) is 1. The molecule has 0 radical (unpaired) electrons. The standard InChI is InChI=1S/C20H27N7O3S/c1-13-12-26(9-10-27(13)31(2,29)30)16-7-5-15(6-8-16)24-20-22-11-17(18(21)28)19(25-20)23-14-3-4-14/h5-8,11,13-14H,3-4,9-10,12H2,1-2H3,(H2,21,28)(H2,22,23,24,25)/t13-/m0/s1. The van der Waals surface area contributed by atoms with Crippen LogP contribution in [0.15, 0.2) is 30.5 Å². The van der Waals surface area contributed by atoms with Gasteiger partial charge in [0.05, 0.1) is 11.8 Å². The smallest absolute Gasteiger partial charge is 0.254 e. The molecule has 166 valence electrons. The summed E-state index contributed by atoms with van der Waals surface area (Å²) in [6, 6.07) is 8.03. The number of piperazine rings is 1. The molecule has 1 amide bonds. The van der Waals surface area contributed by atoms with Gasteiger partial charge in [0.25, 0.3) is 5.91 Å². The predicted molar refractivity (Wildman–Crippen MR) is 120 cm³/mol. The Morgan fingerprint density at radius 2 is 1.90 bits per heavy atom. The van der Waals surface area contributed by atoms with Gasteiger partial charge in [-0.3, -0.25) is 4.79 Å². The summed E-state index contributed by atoms with van der Waals surface area (Å²) in [6.07, 6.45) is 4.77. The number of nitrogens with one attached hydrogen (secondary N) is 2. The number of carbonyl (C=O) groups excluding carboxylic acids is 1. The van der Waals surface area contributed by atoms with Crippen molar-refractivity contribution in [2.45, 2.75) is 31.8 Å². The van der Waals surface area contributed by atoms with Crippen LogP contribution >= 0.6 is 0 Å². The molecule has 1 aromatic heterocycles. The number of hydrogen-bond donors (Lipinski definition) is 3. The first-order chi connectivity index (χ1) is 14.7. The molecular weight excluding hydrogens is 418 g/mol. The van der Waals surface area contributed by atoms with Gasteiger partial charge in [-0.2, -0.15) is 9.29 Å². The van der Waals surface area contributed by atoms with Crippen molar-refractivity contribution in [3.8, 4) is 0 Å². The Labute approximate surface area is 181 Å². The van der Waals surface area contributed by atoms with E-state index in [2.05, 4.69) is 25.5 Å². The molecule has 4 rings (SSSR count). The highest BCUT2D eigenvalue weighted by atomic mass is 32.2. The minimum absolute atomic E-state index is 0.0869. The zero-order chi connectivity index (χ0) is 22.2. The first kappa shape index (κ1) is 21.3. The summed E-state index contributed by atoms with van der Waals surface area (Å²) in [5.74, 6) is 0.252. The van der Waals surface area contributed by atoms with Gasteiger partial charge in [0, 0.05) is 49.3 Å². The van der Waals surface area contributed by atoms with Gasteiger partial charge in [0.1, 0.15) is 5.82 Å². The van der Waals surface area contributed by atoms with Crippen molar-refractivity contribution in [3.63, 3.8) is 0 Å². The van der Waals surface area contributed by atoms with Gasteiger partial charge in [0.15, 0.2) is 0 Å². The Bertz CT molecular complexity index is 1070. The molecule has 1 aromatic carbocycles. The van der Waals surface area contributed by atoms with E-state index in [1.807, 2.05) is 31.2 Å². The van der Waals surface area contributed by atoms with E-state index in [1.165, 1.54) is 12.5 Å². The van der Waals surface area contributed by atoms with E-state index in [0.717, 1.165) is 24.2 Å². The van der Waals surface area contributed by atoms with Gasteiger partial charge in [-0.15, -0.1) is 0 Å². The van der Waals surface area contributed by atoms with Crippen LogP contribution in [0.1, 0.15) is 30.1 Å². The lowest BCUT2D eigenvalue weighted by molar-refractivity contribution is 0.100. The number of anilines is 4. The number of rotatable bonds is 7. The van der Waals surface area contributed by atoms with Crippen molar-refractivity contribution < 1.29 is 13.2 Å². The molecule has 4 N–H and O–H groups in total. The third-order valence-electron chi connectivity index (χ3n) is 5.45. The molecule has 1 saturated carbocycles. The average Bonchev–Trinajstić information content (AvgIpc) is 3.51. The van der Waals surface area contributed by atoms with E-state index in [-0.39, 0.29) is 11.6 Å². The number of benzene rings is 1. The number of sulfonamides is 1. The molecule has 10 nitrogen and oxygen atoms in total. The Balaban J connectivity index is 1.44. The maximum atomic E-state index is 11.9. The van der Waals surface area contributed by atoms with E-state index < -0.39 is 15.9 Å². The molecule has 2 heterocycles. The molecule has 2 aromatic rings. The third-order valence-corrected chi connectivity index (χ3v) is 6.85. The molecular formula is C20H27N7O3S. The summed E-state index contributed by atoms with van der Waals surface area (Å²) in [4.78, 5) is 22.4. The lowest BCUT2D eigenvalue weighted by atomic mass is 10.2. The van der Waals surface area contributed by atoms with E-state index in [0.29, 0.717) is 37.4 Å². The van der Waals surface area contributed by atoms with Crippen LogP contribution in [0, 0.1) is 0 Å². The minimum atomic E-state index is -3.19. The Morgan fingerprint density at radius 3 is 2.48 bits per heavy atom.